The van der Waals surface area contributed by atoms with Crippen molar-refractivity contribution in [2.45, 2.75) is 13.0 Å². The minimum Gasteiger partial charge on any atom is -0.775 e. The highest BCUT2D eigenvalue weighted by molar-refractivity contribution is 7.59. The van der Waals surface area contributed by atoms with Crippen LogP contribution in [0.25, 0.3) is 0 Å². The number of hydrogen-bond acceptors (Lipinski definition) is 4. The average molecular weight is 215 g/mol. The van der Waals surface area contributed by atoms with Gasteiger partial charge in [-0.15, -0.1) is 0 Å². The number of rotatable bonds is 4. The molecule has 78 valence electrons. The molecule has 0 spiro atoms. The summed E-state index contributed by atoms with van der Waals surface area (Å²) in [5.41, 5.74) is 0. The molecule has 1 rings (SSSR count). The smallest absolute Gasteiger partial charge is 0.165 e. The number of benzene rings is 1. The molecule has 0 bridgehead atoms. The van der Waals surface area contributed by atoms with E-state index in [1.807, 2.05) is 0 Å². The Labute approximate surface area is 82.7 Å². The summed E-state index contributed by atoms with van der Waals surface area (Å²) in [6.07, 6.45) is -0.791. The molecule has 0 aliphatic heterocycles. The SMILES string of the molecule is CC(O)COP(=O)([O-])c1ccccc1. The first-order valence-electron chi connectivity index (χ1n) is 4.21. The van der Waals surface area contributed by atoms with Crippen LogP contribution in [0.2, 0.25) is 0 Å². The second kappa shape index (κ2) is 4.71. The maximum absolute atomic E-state index is 11.4. The quantitative estimate of drug-likeness (QED) is 0.731. The lowest BCUT2D eigenvalue weighted by atomic mass is 10.4. The summed E-state index contributed by atoms with van der Waals surface area (Å²) >= 11 is 0. The molecular weight excluding hydrogens is 203 g/mol. The van der Waals surface area contributed by atoms with E-state index in [-0.39, 0.29) is 11.9 Å². The zero-order valence-electron chi connectivity index (χ0n) is 7.79. The fourth-order valence-electron chi connectivity index (χ4n) is 0.891. The molecule has 0 aliphatic carbocycles. The summed E-state index contributed by atoms with van der Waals surface area (Å²) in [4.78, 5) is 11.4. The second-order valence-electron chi connectivity index (χ2n) is 2.98. The van der Waals surface area contributed by atoms with Crippen LogP contribution in [0.15, 0.2) is 30.3 Å². The number of aliphatic hydroxyl groups excluding tert-OH is 1. The molecule has 0 heterocycles. The fourth-order valence-corrected chi connectivity index (χ4v) is 1.99. The van der Waals surface area contributed by atoms with Gasteiger partial charge in [-0.05, 0) is 6.92 Å². The first-order valence-corrected chi connectivity index (χ1v) is 5.76. The molecule has 0 saturated carbocycles. The van der Waals surface area contributed by atoms with E-state index in [2.05, 4.69) is 4.52 Å². The van der Waals surface area contributed by atoms with Crippen LogP contribution < -0.4 is 10.2 Å². The van der Waals surface area contributed by atoms with Crippen molar-refractivity contribution in [3.05, 3.63) is 30.3 Å². The molecule has 0 aliphatic rings. The van der Waals surface area contributed by atoms with Crippen LogP contribution in [0.5, 0.6) is 0 Å². The molecule has 1 aromatic rings. The highest BCUT2D eigenvalue weighted by atomic mass is 31.2. The molecule has 2 unspecified atom stereocenters. The molecule has 0 aromatic heterocycles. The predicted molar refractivity (Wildman–Crippen MR) is 51.3 cm³/mol. The van der Waals surface area contributed by atoms with Crippen molar-refractivity contribution in [2.75, 3.05) is 6.61 Å². The summed E-state index contributed by atoms with van der Waals surface area (Å²) in [6, 6.07) is 7.86. The van der Waals surface area contributed by atoms with E-state index in [4.69, 9.17) is 5.11 Å². The van der Waals surface area contributed by atoms with Crippen molar-refractivity contribution in [1.29, 1.82) is 0 Å². The van der Waals surface area contributed by atoms with Gasteiger partial charge in [0.2, 0.25) is 0 Å². The fraction of sp³-hybridized carbons (Fsp3) is 0.333. The summed E-state index contributed by atoms with van der Waals surface area (Å²) in [5, 5.41) is 9.00. The molecule has 0 fully saturated rings. The van der Waals surface area contributed by atoms with Gasteiger partial charge in [-0.1, -0.05) is 30.3 Å². The minimum absolute atomic E-state index is 0.126. The van der Waals surface area contributed by atoms with E-state index < -0.39 is 13.7 Å². The second-order valence-corrected chi connectivity index (χ2v) is 4.75. The lowest BCUT2D eigenvalue weighted by Crippen LogP contribution is -2.21. The zero-order valence-corrected chi connectivity index (χ0v) is 8.68. The van der Waals surface area contributed by atoms with E-state index in [0.29, 0.717) is 0 Å². The molecule has 0 radical (unpaired) electrons. The van der Waals surface area contributed by atoms with Gasteiger partial charge in [0.05, 0.1) is 12.7 Å². The van der Waals surface area contributed by atoms with Crippen LogP contribution in [0, 0.1) is 0 Å². The zero-order chi connectivity index (χ0) is 10.6. The van der Waals surface area contributed by atoms with Gasteiger partial charge in [-0.3, -0.25) is 0 Å². The number of hydrogen-bond donors (Lipinski definition) is 1. The Bertz CT molecular complexity index is 323. The highest BCUT2D eigenvalue weighted by Crippen LogP contribution is 2.35. The van der Waals surface area contributed by atoms with Crippen LogP contribution in [-0.2, 0) is 9.09 Å². The Morgan fingerprint density at radius 3 is 2.57 bits per heavy atom. The Kier molecular flexibility index (Phi) is 3.84. The van der Waals surface area contributed by atoms with Crippen LogP contribution in [-0.4, -0.2) is 17.8 Å². The third-order valence-corrected chi connectivity index (χ3v) is 2.98. The van der Waals surface area contributed by atoms with E-state index in [1.165, 1.54) is 19.1 Å². The summed E-state index contributed by atoms with van der Waals surface area (Å²) < 4.78 is 16.1. The maximum Gasteiger partial charge on any atom is 0.165 e. The van der Waals surface area contributed by atoms with Crippen LogP contribution in [0.3, 0.4) is 0 Å². The summed E-state index contributed by atoms with van der Waals surface area (Å²) in [6.45, 7) is 1.25. The Hall–Kier alpha value is -0.670. The lowest BCUT2D eigenvalue weighted by Gasteiger charge is -2.24. The highest BCUT2D eigenvalue weighted by Gasteiger charge is 2.12. The van der Waals surface area contributed by atoms with Crippen molar-refractivity contribution in [3.63, 3.8) is 0 Å². The van der Waals surface area contributed by atoms with Crippen molar-refractivity contribution >= 4 is 12.9 Å². The molecular formula is C9H12O4P-. The maximum atomic E-state index is 11.4. The molecule has 4 nitrogen and oxygen atoms in total. The van der Waals surface area contributed by atoms with Crippen molar-refractivity contribution < 1.29 is 19.1 Å². The normalized spacial score (nSPS) is 17.4. The van der Waals surface area contributed by atoms with E-state index in [1.54, 1.807) is 18.2 Å². The van der Waals surface area contributed by atoms with E-state index in [0.717, 1.165) is 0 Å². The van der Waals surface area contributed by atoms with Gasteiger partial charge < -0.3 is 19.1 Å². The third kappa shape index (κ3) is 3.24. The topological polar surface area (TPSA) is 69.6 Å². The Morgan fingerprint density at radius 1 is 1.50 bits per heavy atom. The van der Waals surface area contributed by atoms with Gasteiger partial charge >= 0.3 is 0 Å². The van der Waals surface area contributed by atoms with E-state index in [9.17, 15) is 9.46 Å². The minimum atomic E-state index is -4.01. The van der Waals surface area contributed by atoms with E-state index >= 15 is 0 Å². The molecule has 1 N–H and O–H groups in total. The van der Waals surface area contributed by atoms with Crippen LogP contribution in [0.4, 0.5) is 0 Å². The van der Waals surface area contributed by atoms with Gasteiger partial charge in [-0.25, -0.2) is 0 Å². The monoisotopic (exact) mass is 215 g/mol. The summed E-state index contributed by atoms with van der Waals surface area (Å²) in [5.74, 6) is 0. The Morgan fingerprint density at radius 2 is 2.07 bits per heavy atom. The standard InChI is InChI=1S/C9H13O4P/c1-8(10)7-13-14(11,12)9-5-3-2-4-6-9/h2-6,8,10H,7H2,1H3,(H,11,12)/p-1. The van der Waals surface area contributed by atoms with Crippen molar-refractivity contribution in [2.24, 2.45) is 0 Å². The van der Waals surface area contributed by atoms with Gasteiger partial charge in [0, 0.05) is 5.30 Å². The van der Waals surface area contributed by atoms with Crippen molar-refractivity contribution in [1.82, 2.24) is 0 Å². The lowest BCUT2D eigenvalue weighted by molar-refractivity contribution is -0.195. The van der Waals surface area contributed by atoms with Crippen LogP contribution >= 0.6 is 7.60 Å². The first kappa shape index (κ1) is 11.4. The third-order valence-electron chi connectivity index (χ3n) is 1.56. The molecule has 0 amide bonds. The van der Waals surface area contributed by atoms with Crippen molar-refractivity contribution in [3.8, 4) is 0 Å². The Balaban J connectivity index is 2.71. The summed E-state index contributed by atoms with van der Waals surface area (Å²) in [7, 11) is -4.01. The van der Waals surface area contributed by atoms with Crippen LogP contribution in [0.1, 0.15) is 6.92 Å². The predicted octanol–water partition coefficient (Wildman–Crippen LogP) is 0.263. The molecule has 5 heteroatoms. The van der Waals surface area contributed by atoms with Gasteiger partial charge in [-0.2, -0.15) is 0 Å². The van der Waals surface area contributed by atoms with Gasteiger partial charge in [0.25, 0.3) is 0 Å². The molecule has 2 atom stereocenters. The largest absolute Gasteiger partial charge is 0.775 e. The molecule has 1 aromatic carbocycles. The molecule has 14 heavy (non-hydrogen) atoms. The molecule has 0 saturated heterocycles. The van der Waals surface area contributed by atoms with Gasteiger partial charge in [0.15, 0.2) is 7.60 Å². The first-order chi connectivity index (χ1) is 6.52. The number of aliphatic hydroxyl groups is 1. The average Bonchev–Trinajstić information content (AvgIpc) is 2.16. The van der Waals surface area contributed by atoms with Gasteiger partial charge in [0.1, 0.15) is 0 Å².